The molecular formula is C20H17BrFNO4. The zero-order chi connectivity index (χ0) is 19.4. The summed E-state index contributed by atoms with van der Waals surface area (Å²) >= 11 is 3.47. The van der Waals surface area contributed by atoms with E-state index in [-0.39, 0.29) is 17.4 Å². The lowest BCUT2D eigenvalue weighted by Gasteiger charge is -2.13. The van der Waals surface area contributed by atoms with Crippen molar-refractivity contribution < 1.29 is 23.4 Å². The number of hydrogen-bond donors (Lipinski definition) is 0. The molecule has 0 amide bonds. The number of carbonyl (C=O) groups excluding carboxylic acids is 1. The van der Waals surface area contributed by atoms with Crippen LogP contribution in [0.2, 0.25) is 0 Å². The Kier molecular flexibility index (Phi) is 5.91. The van der Waals surface area contributed by atoms with E-state index < -0.39 is 5.97 Å². The van der Waals surface area contributed by atoms with Crippen LogP contribution in [0.1, 0.15) is 24.5 Å². The zero-order valence-electron chi connectivity index (χ0n) is 14.8. The van der Waals surface area contributed by atoms with Gasteiger partial charge in [0, 0.05) is 5.56 Å². The third-order valence-electron chi connectivity index (χ3n) is 3.72. The third kappa shape index (κ3) is 4.36. The van der Waals surface area contributed by atoms with E-state index in [9.17, 15) is 9.18 Å². The molecule has 0 radical (unpaired) electrons. The van der Waals surface area contributed by atoms with E-state index in [0.717, 1.165) is 6.42 Å². The summed E-state index contributed by atoms with van der Waals surface area (Å²) in [4.78, 5) is 16.3. The van der Waals surface area contributed by atoms with Crippen LogP contribution in [0.3, 0.4) is 0 Å². The molecule has 0 aliphatic carbocycles. The van der Waals surface area contributed by atoms with Crippen molar-refractivity contribution in [3.05, 3.63) is 63.5 Å². The Morgan fingerprint density at radius 2 is 2.00 bits per heavy atom. The van der Waals surface area contributed by atoms with Crippen molar-refractivity contribution in [2.45, 2.75) is 13.3 Å². The van der Waals surface area contributed by atoms with Gasteiger partial charge >= 0.3 is 5.97 Å². The van der Waals surface area contributed by atoms with Gasteiger partial charge in [-0.05, 0) is 70.4 Å². The van der Waals surface area contributed by atoms with Crippen LogP contribution >= 0.6 is 15.9 Å². The van der Waals surface area contributed by atoms with E-state index in [1.807, 2.05) is 6.92 Å². The Hall–Kier alpha value is -2.67. The number of nitrogens with zero attached hydrogens (tertiary/aromatic N) is 1. The Morgan fingerprint density at radius 1 is 1.26 bits per heavy atom. The van der Waals surface area contributed by atoms with Crippen molar-refractivity contribution in [2.75, 3.05) is 13.7 Å². The van der Waals surface area contributed by atoms with Crippen LogP contribution < -0.4 is 9.47 Å². The highest BCUT2D eigenvalue weighted by Crippen LogP contribution is 2.37. The van der Waals surface area contributed by atoms with Crippen molar-refractivity contribution >= 4 is 33.9 Å². The van der Waals surface area contributed by atoms with E-state index in [4.69, 9.17) is 14.2 Å². The lowest BCUT2D eigenvalue weighted by molar-refractivity contribution is -0.129. The van der Waals surface area contributed by atoms with Crippen LogP contribution in [0.5, 0.6) is 11.5 Å². The van der Waals surface area contributed by atoms with Crippen molar-refractivity contribution in [1.82, 2.24) is 0 Å². The first-order chi connectivity index (χ1) is 13.0. The van der Waals surface area contributed by atoms with Gasteiger partial charge in [-0.3, -0.25) is 0 Å². The number of cyclic esters (lactones) is 1. The fourth-order valence-corrected chi connectivity index (χ4v) is 3.02. The van der Waals surface area contributed by atoms with Gasteiger partial charge in [-0.1, -0.05) is 6.92 Å². The number of ether oxygens (including phenoxy) is 3. The van der Waals surface area contributed by atoms with Crippen LogP contribution in [0, 0.1) is 5.82 Å². The Morgan fingerprint density at radius 3 is 2.67 bits per heavy atom. The molecule has 0 aromatic heterocycles. The van der Waals surface area contributed by atoms with Gasteiger partial charge in [0.2, 0.25) is 5.90 Å². The molecule has 140 valence electrons. The molecule has 0 bridgehead atoms. The Bertz CT molecular complexity index is 922. The molecule has 0 N–H and O–H groups in total. The van der Waals surface area contributed by atoms with Gasteiger partial charge < -0.3 is 14.2 Å². The molecule has 1 aliphatic rings. The molecule has 27 heavy (non-hydrogen) atoms. The van der Waals surface area contributed by atoms with Crippen LogP contribution in [0.4, 0.5) is 4.39 Å². The minimum absolute atomic E-state index is 0.139. The van der Waals surface area contributed by atoms with Gasteiger partial charge in [-0.15, -0.1) is 0 Å². The van der Waals surface area contributed by atoms with Crippen LogP contribution in [-0.4, -0.2) is 25.6 Å². The topological polar surface area (TPSA) is 57.1 Å². The first-order valence-corrected chi connectivity index (χ1v) is 9.10. The molecule has 3 rings (SSSR count). The van der Waals surface area contributed by atoms with Gasteiger partial charge in [0.25, 0.3) is 0 Å². The summed E-state index contributed by atoms with van der Waals surface area (Å²) in [6, 6.07) is 9.13. The number of methoxy groups -OCH3 is 1. The summed E-state index contributed by atoms with van der Waals surface area (Å²) < 4.78 is 30.0. The van der Waals surface area contributed by atoms with Crippen molar-refractivity contribution in [1.29, 1.82) is 0 Å². The second kappa shape index (κ2) is 8.35. The van der Waals surface area contributed by atoms with Gasteiger partial charge in [0.05, 0.1) is 18.2 Å². The number of rotatable bonds is 6. The summed E-state index contributed by atoms with van der Waals surface area (Å²) in [6.07, 6.45) is 2.46. The number of carbonyl (C=O) groups is 1. The van der Waals surface area contributed by atoms with Gasteiger partial charge in [0.1, 0.15) is 5.82 Å². The summed E-state index contributed by atoms with van der Waals surface area (Å²) in [5.41, 5.74) is 1.36. The molecule has 1 aliphatic heterocycles. The van der Waals surface area contributed by atoms with E-state index >= 15 is 0 Å². The highest BCUT2D eigenvalue weighted by molar-refractivity contribution is 9.10. The number of benzene rings is 2. The number of halogens is 2. The van der Waals surface area contributed by atoms with E-state index in [0.29, 0.717) is 33.7 Å². The predicted molar refractivity (Wildman–Crippen MR) is 103 cm³/mol. The van der Waals surface area contributed by atoms with Crippen LogP contribution in [0.25, 0.3) is 6.08 Å². The first-order valence-electron chi connectivity index (χ1n) is 8.30. The van der Waals surface area contributed by atoms with Crippen molar-refractivity contribution in [3.63, 3.8) is 0 Å². The molecule has 0 atom stereocenters. The molecule has 1 heterocycles. The Labute approximate surface area is 164 Å². The molecule has 0 spiro atoms. The minimum atomic E-state index is -0.573. The molecule has 5 nitrogen and oxygen atoms in total. The number of esters is 1. The lowest BCUT2D eigenvalue weighted by atomic mass is 10.1. The summed E-state index contributed by atoms with van der Waals surface area (Å²) in [6.45, 7) is 2.58. The quantitative estimate of drug-likeness (QED) is 0.487. The smallest absolute Gasteiger partial charge is 0.363 e. The molecule has 0 saturated carbocycles. The maximum absolute atomic E-state index is 13.0. The van der Waals surface area contributed by atoms with Gasteiger partial charge in [0.15, 0.2) is 17.2 Å². The fraction of sp³-hybridized carbons (Fsp3) is 0.200. The van der Waals surface area contributed by atoms with Crippen LogP contribution in [0.15, 0.2) is 51.6 Å². The SMILES string of the molecule is CCCOc1c(Br)cc(C=C2N=C(c3ccc(F)cc3)OC2=O)cc1OC. The summed E-state index contributed by atoms with van der Waals surface area (Å²) in [5.74, 6) is 0.336. The molecule has 0 unspecified atom stereocenters. The minimum Gasteiger partial charge on any atom is -0.493 e. The van der Waals surface area contributed by atoms with Gasteiger partial charge in [-0.25, -0.2) is 14.2 Å². The molecular weight excluding hydrogens is 417 g/mol. The molecule has 0 saturated heterocycles. The van der Waals surface area contributed by atoms with E-state index in [1.54, 1.807) is 25.3 Å². The lowest BCUT2D eigenvalue weighted by Crippen LogP contribution is -2.05. The molecule has 2 aromatic rings. The standard InChI is InChI=1S/C20H17BrFNO4/c1-3-8-26-18-15(21)9-12(11-17(18)25-2)10-16-20(24)27-19(23-16)13-4-6-14(22)7-5-13/h4-7,9-11H,3,8H2,1-2H3. The normalized spacial score (nSPS) is 14.9. The fourth-order valence-electron chi connectivity index (χ4n) is 2.45. The third-order valence-corrected chi connectivity index (χ3v) is 4.31. The average Bonchev–Trinajstić information content (AvgIpc) is 3.01. The zero-order valence-corrected chi connectivity index (χ0v) is 16.4. The monoisotopic (exact) mass is 433 g/mol. The predicted octanol–water partition coefficient (Wildman–Crippen LogP) is 4.73. The summed E-state index contributed by atoms with van der Waals surface area (Å²) in [5, 5.41) is 0. The van der Waals surface area contributed by atoms with E-state index in [2.05, 4.69) is 20.9 Å². The maximum Gasteiger partial charge on any atom is 0.363 e. The average molecular weight is 434 g/mol. The second-order valence-electron chi connectivity index (χ2n) is 5.73. The largest absolute Gasteiger partial charge is 0.493 e. The molecule has 0 fully saturated rings. The summed E-state index contributed by atoms with van der Waals surface area (Å²) in [7, 11) is 1.55. The van der Waals surface area contributed by atoms with Crippen LogP contribution in [-0.2, 0) is 9.53 Å². The van der Waals surface area contributed by atoms with Crippen molar-refractivity contribution in [3.8, 4) is 11.5 Å². The highest BCUT2D eigenvalue weighted by Gasteiger charge is 2.24. The number of hydrogen-bond acceptors (Lipinski definition) is 5. The van der Waals surface area contributed by atoms with Gasteiger partial charge in [-0.2, -0.15) is 0 Å². The molecule has 7 heteroatoms. The van der Waals surface area contributed by atoms with E-state index in [1.165, 1.54) is 24.3 Å². The molecule has 2 aromatic carbocycles. The maximum atomic E-state index is 13.0. The highest BCUT2D eigenvalue weighted by atomic mass is 79.9. The first kappa shape index (κ1) is 19.1. The second-order valence-corrected chi connectivity index (χ2v) is 6.58. The number of aliphatic imine (C=N–C) groups is 1. The Balaban J connectivity index is 1.92. The van der Waals surface area contributed by atoms with Crippen molar-refractivity contribution in [2.24, 2.45) is 4.99 Å².